The van der Waals surface area contributed by atoms with Crippen molar-refractivity contribution in [2.75, 3.05) is 30.9 Å². The molecule has 0 aliphatic rings. The number of furan rings is 1. The van der Waals surface area contributed by atoms with Gasteiger partial charge in [0.25, 0.3) is 0 Å². The molecule has 2 rings (SSSR count). The van der Waals surface area contributed by atoms with Crippen LogP contribution in [0.3, 0.4) is 0 Å². The second-order valence-electron chi connectivity index (χ2n) is 4.74. The number of rotatable bonds is 7. The summed E-state index contributed by atoms with van der Waals surface area (Å²) >= 11 is 0. The third-order valence-electron chi connectivity index (χ3n) is 2.85. The van der Waals surface area contributed by atoms with Crippen molar-refractivity contribution in [3.8, 4) is 6.01 Å². The minimum Gasteiger partial charge on any atom is -0.467 e. The lowest BCUT2D eigenvalue weighted by Crippen LogP contribution is -2.20. The smallest absolute Gasteiger partial charge is 0.322 e. The fourth-order valence-corrected chi connectivity index (χ4v) is 1.80. The fraction of sp³-hybridized carbons (Fsp3) is 0.500. The Morgan fingerprint density at radius 1 is 1.29 bits per heavy atom. The summed E-state index contributed by atoms with van der Waals surface area (Å²) in [5, 5.41) is 3.14. The molecule has 0 radical (unpaired) electrons. The van der Waals surface area contributed by atoms with Crippen LogP contribution >= 0.6 is 0 Å². The molecular formula is C14H21N5O2. The predicted octanol–water partition coefficient (Wildman–Crippen LogP) is 2.24. The minimum atomic E-state index is 0.293. The van der Waals surface area contributed by atoms with Gasteiger partial charge in [-0.05, 0) is 25.5 Å². The Labute approximate surface area is 124 Å². The second kappa shape index (κ2) is 6.92. The highest BCUT2D eigenvalue weighted by Crippen LogP contribution is 2.17. The van der Waals surface area contributed by atoms with Gasteiger partial charge < -0.3 is 19.4 Å². The summed E-state index contributed by atoms with van der Waals surface area (Å²) in [6, 6.07) is 4.17. The topological polar surface area (TPSA) is 76.3 Å². The summed E-state index contributed by atoms with van der Waals surface area (Å²) in [7, 11) is 3.44. The minimum absolute atomic E-state index is 0.293. The van der Waals surface area contributed by atoms with Gasteiger partial charge in [-0.25, -0.2) is 0 Å². The van der Waals surface area contributed by atoms with Crippen LogP contribution in [0.1, 0.15) is 24.9 Å². The molecule has 7 heteroatoms. The maximum Gasteiger partial charge on any atom is 0.322 e. The Bertz CT molecular complexity index is 584. The average Bonchev–Trinajstić information content (AvgIpc) is 2.89. The van der Waals surface area contributed by atoms with Crippen LogP contribution in [0.4, 0.5) is 11.9 Å². The van der Waals surface area contributed by atoms with Crippen molar-refractivity contribution in [1.29, 1.82) is 0 Å². The van der Waals surface area contributed by atoms with Crippen LogP contribution in [0, 0.1) is 6.92 Å². The highest BCUT2D eigenvalue weighted by Gasteiger charge is 2.12. The highest BCUT2D eigenvalue weighted by atomic mass is 16.5. The first-order valence-corrected chi connectivity index (χ1v) is 6.92. The second-order valence-corrected chi connectivity index (χ2v) is 4.74. The molecule has 1 N–H and O–H groups in total. The first-order valence-electron chi connectivity index (χ1n) is 6.92. The van der Waals surface area contributed by atoms with Crippen LogP contribution in [-0.2, 0) is 6.54 Å². The molecule has 7 nitrogen and oxygen atoms in total. The molecule has 0 atom stereocenters. The lowest BCUT2D eigenvalue weighted by Gasteiger charge is -2.16. The molecule has 0 fully saturated rings. The number of hydrogen-bond donors (Lipinski definition) is 1. The molecule has 0 aromatic carbocycles. The maximum absolute atomic E-state index is 5.57. The van der Waals surface area contributed by atoms with E-state index in [-0.39, 0.29) is 0 Å². The third kappa shape index (κ3) is 4.08. The number of anilines is 2. The Morgan fingerprint density at radius 3 is 2.71 bits per heavy atom. The zero-order valence-corrected chi connectivity index (χ0v) is 12.9. The average molecular weight is 291 g/mol. The van der Waals surface area contributed by atoms with Crippen LogP contribution in [0.5, 0.6) is 6.01 Å². The van der Waals surface area contributed by atoms with Gasteiger partial charge in [-0.1, -0.05) is 6.92 Å². The van der Waals surface area contributed by atoms with Gasteiger partial charge in [-0.2, -0.15) is 15.0 Å². The SMILES string of the molecule is CCCNc1nc(OC)nc(N(C)Cc2ccc(C)o2)n1. The monoisotopic (exact) mass is 291 g/mol. The molecule has 0 aliphatic heterocycles. The number of nitrogens with zero attached hydrogens (tertiary/aromatic N) is 4. The summed E-state index contributed by atoms with van der Waals surface area (Å²) in [5.74, 6) is 2.80. The lowest BCUT2D eigenvalue weighted by atomic mass is 10.4. The standard InChI is InChI=1S/C14H21N5O2/c1-5-8-15-12-16-13(18-14(17-12)20-4)19(3)9-11-7-6-10(2)21-11/h6-7H,5,8-9H2,1-4H3,(H,15,16,17,18). The van der Waals surface area contributed by atoms with Gasteiger partial charge in [0.1, 0.15) is 11.5 Å². The molecule has 114 valence electrons. The van der Waals surface area contributed by atoms with E-state index in [4.69, 9.17) is 9.15 Å². The molecule has 0 saturated heterocycles. The molecule has 0 bridgehead atoms. The number of aromatic nitrogens is 3. The number of hydrogen-bond acceptors (Lipinski definition) is 7. The summed E-state index contributed by atoms with van der Waals surface area (Å²) in [5.41, 5.74) is 0. The fourth-order valence-electron chi connectivity index (χ4n) is 1.80. The molecule has 2 heterocycles. The molecule has 0 unspecified atom stereocenters. The lowest BCUT2D eigenvalue weighted by molar-refractivity contribution is 0.378. The Morgan fingerprint density at radius 2 is 2.10 bits per heavy atom. The Balaban J connectivity index is 2.16. The van der Waals surface area contributed by atoms with Crippen molar-refractivity contribution >= 4 is 11.9 Å². The third-order valence-corrected chi connectivity index (χ3v) is 2.85. The van der Waals surface area contributed by atoms with Crippen LogP contribution in [0.2, 0.25) is 0 Å². The van der Waals surface area contributed by atoms with Gasteiger partial charge in [-0.15, -0.1) is 0 Å². The zero-order chi connectivity index (χ0) is 15.2. The van der Waals surface area contributed by atoms with Crippen molar-refractivity contribution < 1.29 is 9.15 Å². The van der Waals surface area contributed by atoms with Crippen LogP contribution in [-0.4, -0.2) is 35.7 Å². The number of methoxy groups -OCH3 is 1. The van der Waals surface area contributed by atoms with Gasteiger partial charge >= 0.3 is 6.01 Å². The quantitative estimate of drug-likeness (QED) is 0.838. The van der Waals surface area contributed by atoms with E-state index in [1.54, 1.807) is 7.11 Å². The molecule has 21 heavy (non-hydrogen) atoms. The van der Waals surface area contributed by atoms with Crippen molar-refractivity contribution in [2.45, 2.75) is 26.8 Å². The first kappa shape index (κ1) is 15.1. The predicted molar refractivity (Wildman–Crippen MR) is 80.7 cm³/mol. The van der Waals surface area contributed by atoms with E-state index in [1.807, 2.05) is 31.0 Å². The summed E-state index contributed by atoms with van der Waals surface area (Å²) in [6.45, 7) is 5.38. The van der Waals surface area contributed by atoms with E-state index in [0.29, 0.717) is 24.5 Å². The van der Waals surface area contributed by atoms with E-state index in [1.165, 1.54) is 0 Å². The molecule has 0 spiro atoms. The normalized spacial score (nSPS) is 10.5. The van der Waals surface area contributed by atoms with E-state index in [0.717, 1.165) is 24.5 Å². The van der Waals surface area contributed by atoms with Crippen LogP contribution < -0.4 is 15.0 Å². The molecule has 2 aromatic heterocycles. The molecule has 0 saturated carbocycles. The summed E-state index contributed by atoms with van der Waals surface area (Å²) in [4.78, 5) is 14.7. The maximum atomic E-state index is 5.57. The van der Waals surface area contributed by atoms with Crippen molar-refractivity contribution in [2.24, 2.45) is 0 Å². The van der Waals surface area contributed by atoms with Crippen LogP contribution in [0.25, 0.3) is 0 Å². The highest BCUT2D eigenvalue weighted by molar-refractivity contribution is 5.38. The van der Waals surface area contributed by atoms with Crippen molar-refractivity contribution in [1.82, 2.24) is 15.0 Å². The Hall–Kier alpha value is -2.31. The van der Waals surface area contributed by atoms with E-state index >= 15 is 0 Å². The number of ether oxygens (including phenoxy) is 1. The summed E-state index contributed by atoms with van der Waals surface area (Å²) < 4.78 is 10.7. The molecule has 0 aliphatic carbocycles. The van der Waals surface area contributed by atoms with Gasteiger partial charge in [0, 0.05) is 13.6 Å². The zero-order valence-electron chi connectivity index (χ0n) is 12.9. The van der Waals surface area contributed by atoms with E-state index in [2.05, 4.69) is 27.2 Å². The first-order chi connectivity index (χ1) is 10.1. The molecule has 0 amide bonds. The van der Waals surface area contributed by atoms with E-state index in [9.17, 15) is 0 Å². The van der Waals surface area contributed by atoms with Gasteiger partial charge in [-0.3, -0.25) is 0 Å². The van der Waals surface area contributed by atoms with E-state index < -0.39 is 0 Å². The number of aryl methyl sites for hydroxylation is 1. The number of nitrogens with one attached hydrogen (secondary N) is 1. The Kier molecular flexibility index (Phi) is 4.97. The van der Waals surface area contributed by atoms with Gasteiger partial charge in [0.05, 0.1) is 13.7 Å². The summed E-state index contributed by atoms with van der Waals surface area (Å²) in [6.07, 6.45) is 0.991. The van der Waals surface area contributed by atoms with Gasteiger partial charge in [0.2, 0.25) is 11.9 Å². The van der Waals surface area contributed by atoms with Crippen molar-refractivity contribution in [3.05, 3.63) is 23.7 Å². The van der Waals surface area contributed by atoms with Gasteiger partial charge in [0.15, 0.2) is 0 Å². The molecular weight excluding hydrogens is 270 g/mol. The van der Waals surface area contributed by atoms with Crippen molar-refractivity contribution in [3.63, 3.8) is 0 Å². The van der Waals surface area contributed by atoms with Crippen LogP contribution in [0.15, 0.2) is 16.5 Å². The largest absolute Gasteiger partial charge is 0.467 e. The molecule has 2 aromatic rings.